The van der Waals surface area contributed by atoms with Gasteiger partial charge in [-0.2, -0.15) is 9.78 Å². The molecule has 0 saturated heterocycles. The first-order chi connectivity index (χ1) is 15.3. The molecule has 2 aromatic carbocycles. The Morgan fingerprint density at radius 1 is 1.22 bits per heavy atom. The minimum Gasteiger partial charge on any atom is -0.465 e. The first-order valence-corrected chi connectivity index (χ1v) is 11.4. The van der Waals surface area contributed by atoms with Crippen molar-refractivity contribution in [3.05, 3.63) is 90.7 Å². The zero-order valence-corrected chi connectivity index (χ0v) is 19.3. The maximum Gasteiger partial charge on any atom is 0.349 e. The molecule has 0 bridgehead atoms. The molecule has 1 aromatic heterocycles. The zero-order chi connectivity index (χ0) is 23.3. The Kier molecular flexibility index (Phi) is 8.14. The predicted molar refractivity (Wildman–Crippen MR) is 126 cm³/mol. The van der Waals surface area contributed by atoms with Gasteiger partial charge in [0.2, 0.25) is 0 Å². The zero-order valence-electron chi connectivity index (χ0n) is 17.0. The lowest BCUT2D eigenvalue weighted by atomic mass is 10.0. The first-order valence-electron chi connectivity index (χ1n) is 9.58. The summed E-state index contributed by atoms with van der Waals surface area (Å²) in [6.45, 7) is 1.97. The van der Waals surface area contributed by atoms with Gasteiger partial charge in [-0.1, -0.05) is 41.4 Å². The molecule has 0 amide bonds. The van der Waals surface area contributed by atoms with Crippen molar-refractivity contribution in [2.75, 3.05) is 12.4 Å². The Labute approximate surface area is 197 Å². The topological polar surface area (TPSA) is 120 Å². The van der Waals surface area contributed by atoms with Crippen molar-refractivity contribution in [3.63, 3.8) is 0 Å². The van der Waals surface area contributed by atoms with Crippen LogP contribution in [0.15, 0.2) is 58.3 Å². The van der Waals surface area contributed by atoms with E-state index in [-0.39, 0.29) is 11.9 Å². The highest BCUT2D eigenvalue weighted by Gasteiger charge is 2.22. The van der Waals surface area contributed by atoms with E-state index in [0.29, 0.717) is 21.5 Å². The van der Waals surface area contributed by atoms with Gasteiger partial charge in [0.1, 0.15) is 12.2 Å². The van der Waals surface area contributed by atoms with Crippen LogP contribution in [0.4, 0.5) is 0 Å². The van der Waals surface area contributed by atoms with Crippen LogP contribution in [0.1, 0.15) is 23.3 Å². The number of nitrogens with two attached hydrogens (primary N) is 1. The lowest BCUT2D eigenvalue weighted by molar-refractivity contribution is -0.144. The van der Waals surface area contributed by atoms with E-state index in [4.69, 9.17) is 33.7 Å². The van der Waals surface area contributed by atoms with Gasteiger partial charge in [0, 0.05) is 15.8 Å². The molecule has 0 fully saturated rings. The lowest BCUT2D eigenvalue weighted by Gasteiger charge is -2.21. The molecule has 0 aliphatic rings. The summed E-state index contributed by atoms with van der Waals surface area (Å²) in [7, 11) is 0. The molecule has 3 rings (SSSR count). The van der Waals surface area contributed by atoms with E-state index in [1.807, 2.05) is 12.1 Å². The van der Waals surface area contributed by atoms with Crippen molar-refractivity contribution in [1.82, 2.24) is 14.8 Å². The van der Waals surface area contributed by atoms with Gasteiger partial charge in [-0.25, -0.2) is 4.79 Å². The maximum atomic E-state index is 12.0. The monoisotopic (exact) mass is 494 g/mol. The van der Waals surface area contributed by atoms with Gasteiger partial charge in [-0.15, -0.1) is 11.8 Å². The number of hydrogen-bond donors (Lipinski definition) is 2. The average molecular weight is 495 g/mol. The number of carbonyl (C=O) groups is 1. The number of benzene rings is 2. The second-order valence-corrected chi connectivity index (χ2v) is 8.66. The molecule has 1 heterocycles. The van der Waals surface area contributed by atoms with E-state index in [1.54, 1.807) is 37.3 Å². The van der Waals surface area contributed by atoms with Crippen molar-refractivity contribution in [1.29, 1.82) is 0 Å². The van der Waals surface area contributed by atoms with Crippen LogP contribution in [0.3, 0.4) is 0 Å². The fourth-order valence-electron chi connectivity index (χ4n) is 2.92. The van der Waals surface area contributed by atoms with Crippen molar-refractivity contribution in [2.24, 2.45) is 5.73 Å². The Hall–Kier alpha value is -2.59. The molecule has 168 valence electrons. The van der Waals surface area contributed by atoms with E-state index >= 15 is 0 Å². The average Bonchev–Trinajstić information content (AvgIpc) is 2.76. The van der Waals surface area contributed by atoms with Crippen LogP contribution in [0.25, 0.3) is 5.69 Å². The highest BCUT2D eigenvalue weighted by molar-refractivity contribution is 7.99. The van der Waals surface area contributed by atoms with Crippen molar-refractivity contribution < 1.29 is 9.53 Å². The second-order valence-electron chi connectivity index (χ2n) is 6.68. The number of halogens is 2. The first kappa shape index (κ1) is 24.1. The fraction of sp³-hybridized carbons (Fsp3) is 0.238. The second kappa shape index (κ2) is 10.8. The number of aromatic nitrogens is 3. The van der Waals surface area contributed by atoms with Crippen LogP contribution in [0.2, 0.25) is 10.0 Å². The van der Waals surface area contributed by atoms with Gasteiger partial charge in [-0.05, 0) is 42.3 Å². The summed E-state index contributed by atoms with van der Waals surface area (Å²) in [6, 6.07) is 11.5. The molecule has 32 heavy (non-hydrogen) atoms. The third-order valence-electron chi connectivity index (χ3n) is 4.43. The largest absolute Gasteiger partial charge is 0.465 e. The molecule has 8 nitrogen and oxygen atoms in total. The number of hydrogen-bond acceptors (Lipinski definition) is 7. The molecule has 3 N–H and O–H groups in total. The van der Waals surface area contributed by atoms with Crippen molar-refractivity contribution >= 4 is 40.9 Å². The molecule has 11 heteroatoms. The third kappa shape index (κ3) is 5.80. The molecule has 2 unspecified atom stereocenters. The third-order valence-corrected chi connectivity index (χ3v) is 6.42. The number of aromatic amines is 1. The number of nitrogens with one attached hydrogen (secondary N) is 1. The van der Waals surface area contributed by atoms with Gasteiger partial charge in [0.15, 0.2) is 0 Å². The lowest BCUT2D eigenvalue weighted by Crippen LogP contribution is -2.34. The molecular formula is C21H20Cl2N4O4S. The smallest absolute Gasteiger partial charge is 0.349 e. The fourth-order valence-corrected chi connectivity index (χ4v) is 4.66. The van der Waals surface area contributed by atoms with E-state index in [2.05, 4.69) is 10.1 Å². The summed E-state index contributed by atoms with van der Waals surface area (Å²) >= 11 is 14.1. The molecule has 0 aliphatic carbocycles. The number of carbonyl (C=O) groups excluding carboxylic acids is 1. The SMILES string of the molecule is CCOC(=O)C(N)CSC(c1ccc(Cl)cc1)c1ccc(-n2ncc(=O)[nH]c2=O)cc1Cl. The summed E-state index contributed by atoms with van der Waals surface area (Å²) in [5.74, 6) is -0.176. The predicted octanol–water partition coefficient (Wildman–Crippen LogP) is 2.94. The molecule has 3 aromatic rings. The normalized spacial score (nSPS) is 12.9. The van der Waals surface area contributed by atoms with Crippen LogP contribution in [0.5, 0.6) is 0 Å². The number of H-pyrrole nitrogens is 1. The quantitative estimate of drug-likeness (QED) is 0.461. The van der Waals surface area contributed by atoms with Gasteiger partial charge in [0.05, 0.1) is 17.5 Å². The van der Waals surface area contributed by atoms with Crippen LogP contribution >= 0.6 is 35.0 Å². The minimum absolute atomic E-state index is 0.253. The molecule has 0 aliphatic heterocycles. The Morgan fingerprint density at radius 3 is 2.56 bits per heavy atom. The number of ether oxygens (including phenoxy) is 1. The highest BCUT2D eigenvalue weighted by atomic mass is 35.5. The van der Waals surface area contributed by atoms with Crippen LogP contribution < -0.4 is 17.0 Å². The van der Waals surface area contributed by atoms with E-state index in [0.717, 1.165) is 22.0 Å². The Bertz CT molecular complexity index is 1210. The molecule has 0 saturated carbocycles. The Morgan fingerprint density at radius 2 is 1.94 bits per heavy atom. The van der Waals surface area contributed by atoms with Gasteiger partial charge >= 0.3 is 11.7 Å². The summed E-state index contributed by atoms with van der Waals surface area (Å²) in [6.07, 6.45) is 1.01. The van der Waals surface area contributed by atoms with Crippen molar-refractivity contribution in [2.45, 2.75) is 18.2 Å². The van der Waals surface area contributed by atoms with Gasteiger partial charge < -0.3 is 10.5 Å². The maximum absolute atomic E-state index is 12.0. The summed E-state index contributed by atoms with van der Waals surface area (Å²) in [5, 5.41) is 4.54. The Balaban J connectivity index is 1.95. The number of rotatable bonds is 8. The standard InChI is InChI=1S/C21H20Cl2N4O4S/c1-2-31-20(29)17(24)11-32-19(12-3-5-13(22)6-4-12)15-8-7-14(9-16(15)23)27-21(30)26-18(28)10-25-27/h3-10,17,19H,2,11,24H2,1H3,(H,26,28,30). The summed E-state index contributed by atoms with van der Waals surface area (Å²) in [4.78, 5) is 37.4. The molecule has 0 spiro atoms. The summed E-state index contributed by atoms with van der Waals surface area (Å²) in [5.41, 5.74) is 6.75. The summed E-state index contributed by atoms with van der Waals surface area (Å²) < 4.78 is 6.03. The number of nitrogens with zero attached hydrogens (tertiary/aromatic N) is 2. The van der Waals surface area contributed by atoms with E-state index in [1.165, 1.54) is 11.8 Å². The minimum atomic E-state index is -0.795. The molecular weight excluding hydrogens is 475 g/mol. The van der Waals surface area contributed by atoms with Crippen molar-refractivity contribution in [3.8, 4) is 5.69 Å². The number of thioether (sulfide) groups is 1. The number of esters is 1. The van der Waals surface area contributed by atoms with Crippen LogP contribution in [0, 0.1) is 0 Å². The van der Waals surface area contributed by atoms with E-state index < -0.39 is 23.3 Å². The van der Waals surface area contributed by atoms with Gasteiger partial charge in [-0.3, -0.25) is 14.6 Å². The van der Waals surface area contributed by atoms with Gasteiger partial charge in [0.25, 0.3) is 5.56 Å². The molecule has 2 atom stereocenters. The van der Waals surface area contributed by atoms with E-state index in [9.17, 15) is 14.4 Å². The molecule has 0 radical (unpaired) electrons. The van der Waals surface area contributed by atoms with Crippen LogP contribution in [-0.2, 0) is 9.53 Å². The highest BCUT2D eigenvalue weighted by Crippen LogP contribution is 2.40. The van der Waals surface area contributed by atoms with Crippen LogP contribution in [-0.4, -0.2) is 39.1 Å².